The first-order valence-electron chi connectivity index (χ1n) is 9.48. The number of carbonyl (C=O) groups is 2. The van der Waals surface area contributed by atoms with Gasteiger partial charge in [-0.15, -0.1) is 0 Å². The average Bonchev–Trinajstić information content (AvgIpc) is 3.21. The van der Waals surface area contributed by atoms with Crippen molar-refractivity contribution in [3.05, 3.63) is 35.7 Å². The minimum atomic E-state index is -0.667. The van der Waals surface area contributed by atoms with Gasteiger partial charge in [0.15, 0.2) is 5.75 Å². The molecule has 1 atom stereocenters. The number of fused-ring (bicyclic) bond motifs is 3. The molecule has 3 amide bonds. The minimum Gasteiger partial charge on any atom is -0.490 e. The average molecular weight is 398 g/mol. The standard InChI is InChI=1S/C20H24N5O4/c1-12-13(2)25-16-17(22(3)20(28)23(4)18(16)27)21-19(25)24(12)14-8-5-6-9-15(14)29-11-7-10-26/h5-6,8-9,16,26H,7,10-11H2,1-4H3/q+1. The Morgan fingerprint density at radius 2 is 1.90 bits per heavy atom. The molecule has 1 fully saturated rings. The Kier molecular flexibility index (Phi) is 4.62. The van der Waals surface area contributed by atoms with Gasteiger partial charge < -0.3 is 9.84 Å². The monoisotopic (exact) mass is 398 g/mol. The maximum Gasteiger partial charge on any atom is 0.407 e. The van der Waals surface area contributed by atoms with Crippen LogP contribution in [0.15, 0.2) is 29.3 Å². The summed E-state index contributed by atoms with van der Waals surface area (Å²) in [6.07, 6.45) is 0.531. The molecule has 0 radical (unpaired) electrons. The summed E-state index contributed by atoms with van der Waals surface area (Å²) < 4.78 is 9.69. The molecular weight excluding hydrogens is 374 g/mol. The number of ether oxygens (including phenoxy) is 1. The molecule has 2 aromatic rings. The summed E-state index contributed by atoms with van der Waals surface area (Å²) in [7, 11) is 3.11. The van der Waals surface area contributed by atoms with Gasteiger partial charge in [-0.2, -0.15) is 4.57 Å². The molecule has 1 aromatic carbocycles. The van der Waals surface area contributed by atoms with Crippen LogP contribution in [0.1, 0.15) is 23.9 Å². The summed E-state index contributed by atoms with van der Waals surface area (Å²) in [5.74, 6) is 1.35. The summed E-state index contributed by atoms with van der Waals surface area (Å²) in [6.45, 7) is 4.35. The third-order valence-electron chi connectivity index (χ3n) is 5.50. The number of imidazole rings is 1. The van der Waals surface area contributed by atoms with Crippen LogP contribution in [-0.4, -0.2) is 64.6 Å². The second-order valence-corrected chi connectivity index (χ2v) is 7.18. The highest BCUT2D eigenvalue weighted by molar-refractivity contribution is 6.18. The van der Waals surface area contributed by atoms with E-state index in [0.29, 0.717) is 30.6 Å². The molecule has 1 saturated heterocycles. The number of aromatic nitrogens is 2. The summed E-state index contributed by atoms with van der Waals surface area (Å²) in [6, 6.07) is 6.51. The lowest BCUT2D eigenvalue weighted by atomic mass is 10.1. The lowest BCUT2D eigenvalue weighted by Crippen LogP contribution is -2.62. The Balaban J connectivity index is 1.87. The van der Waals surface area contributed by atoms with Crippen molar-refractivity contribution >= 4 is 23.7 Å². The molecule has 1 aromatic heterocycles. The molecule has 0 bridgehead atoms. The maximum atomic E-state index is 12.9. The highest BCUT2D eigenvalue weighted by atomic mass is 16.5. The van der Waals surface area contributed by atoms with E-state index >= 15 is 0 Å². The summed E-state index contributed by atoms with van der Waals surface area (Å²) in [4.78, 5) is 32.5. The van der Waals surface area contributed by atoms with Crippen LogP contribution in [0, 0.1) is 13.8 Å². The van der Waals surface area contributed by atoms with E-state index in [-0.39, 0.29) is 12.5 Å². The number of benzene rings is 1. The maximum absolute atomic E-state index is 12.9. The zero-order chi connectivity index (χ0) is 20.9. The van der Waals surface area contributed by atoms with Gasteiger partial charge in [-0.3, -0.25) is 14.6 Å². The Morgan fingerprint density at radius 1 is 1.17 bits per heavy atom. The number of amides is 3. The van der Waals surface area contributed by atoms with Gasteiger partial charge >= 0.3 is 12.0 Å². The molecular formula is C20H24N5O4+. The first-order chi connectivity index (χ1) is 13.9. The Morgan fingerprint density at radius 3 is 2.62 bits per heavy atom. The molecule has 9 nitrogen and oxygen atoms in total. The van der Waals surface area contributed by atoms with E-state index in [1.54, 1.807) is 7.05 Å². The fourth-order valence-corrected chi connectivity index (χ4v) is 3.81. The van der Waals surface area contributed by atoms with Crippen molar-refractivity contribution in [1.82, 2.24) is 14.4 Å². The van der Waals surface area contributed by atoms with Crippen LogP contribution in [0.5, 0.6) is 5.75 Å². The topological polar surface area (TPSA) is 91.2 Å². The van der Waals surface area contributed by atoms with Crippen molar-refractivity contribution in [1.29, 1.82) is 0 Å². The van der Waals surface area contributed by atoms with Crippen LogP contribution in [0.3, 0.4) is 0 Å². The van der Waals surface area contributed by atoms with E-state index in [1.807, 2.05) is 47.2 Å². The number of urea groups is 1. The predicted molar refractivity (Wildman–Crippen MR) is 105 cm³/mol. The van der Waals surface area contributed by atoms with Crippen molar-refractivity contribution in [2.24, 2.45) is 4.99 Å². The lowest BCUT2D eigenvalue weighted by molar-refractivity contribution is -0.682. The number of imide groups is 1. The van der Waals surface area contributed by atoms with E-state index < -0.39 is 12.1 Å². The number of hydrogen-bond acceptors (Lipinski definition) is 5. The number of nitrogens with zero attached hydrogens (tertiary/aromatic N) is 5. The first-order valence-corrected chi connectivity index (χ1v) is 9.48. The van der Waals surface area contributed by atoms with E-state index in [9.17, 15) is 9.59 Å². The zero-order valence-electron chi connectivity index (χ0n) is 16.9. The molecule has 3 heterocycles. The number of aliphatic hydroxyl groups excluding tert-OH is 1. The predicted octanol–water partition coefficient (Wildman–Crippen LogP) is 1.25. The highest BCUT2D eigenvalue weighted by Gasteiger charge is 2.53. The summed E-state index contributed by atoms with van der Waals surface area (Å²) >= 11 is 0. The first kappa shape index (κ1) is 19.1. The Hall–Kier alpha value is -3.20. The van der Waals surface area contributed by atoms with Crippen LogP contribution in [0.2, 0.25) is 0 Å². The normalized spacial score (nSPS) is 18.1. The number of aliphatic hydroxyl groups is 1. The molecule has 2 aliphatic heterocycles. The fourth-order valence-electron chi connectivity index (χ4n) is 3.81. The molecule has 0 spiro atoms. The van der Waals surface area contributed by atoms with Crippen molar-refractivity contribution in [3.8, 4) is 11.4 Å². The van der Waals surface area contributed by atoms with Gasteiger partial charge in [0, 0.05) is 27.1 Å². The van der Waals surface area contributed by atoms with Gasteiger partial charge in [-0.1, -0.05) is 17.1 Å². The van der Waals surface area contributed by atoms with Crippen LogP contribution in [0.25, 0.3) is 5.69 Å². The molecule has 4 rings (SSSR count). The van der Waals surface area contributed by atoms with Gasteiger partial charge in [0.05, 0.1) is 6.61 Å². The third-order valence-corrected chi connectivity index (χ3v) is 5.50. The van der Waals surface area contributed by atoms with Gasteiger partial charge in [-0.05, 0) is 26.0 Å². The minimum absolute atomic E-state index is 0.0560. The van der Waals surface area contributed by atoms with Crippen LogP contribution in [0.4, 0.5) is 10.7 Å². The van der Waals surface area contributed by atoms with E-state index in [2.05, 4.69) is 0 Å². The molecule has 2 aliphatic rings. The lowest BCUT2D eigenvalue weighted by Gasteiger charge is -2.30. The number of para-hydroxylation sites is 2. The second kappa shape index (κ2) is 7.00. The van der Waals surface area contributed by atoms with Crippen molar-refractivity contribution < 1.29 is 24.0 Å². The third kappa shape index (κ3) is 2.72. The fraction of sp³-hybridized carbons (Fsp3) is 0.400. The molecule has 0 aliphatic carbocycles. The molecule has 0 saturated carbocycles. The van der Waals surface area contributed by atoms with Gasteiger partial charge in [-0.25, -0.2) is 9.36 Å². The van der Waals surface area contributed by atoms with E-state index in [1.165, 1.54) is 11.9 Å². The zero-order valence-corrected chi connectivity index (χ0v) is 16.9. The van der Waals surface area contributed by atoms with Gasteiger partial charge in [0.1, 0.15) is 17.1 Å². The molecule has 9 heteroatoms. The van der Waals surface area contributed by atoms with Crippen LogP contribution < -0.4 is 9.30 Å². The second-order valence-electron chi connectivity index (χ2n) is 7.18. The van der Waals surface area contributed by atoms with Gasteiger partial charge in [0.25, 0.3) is 5.91 Å². The Bertz CT molecular complexity index is 1040. The quantitative estimate of drug-likeness (QED) is 0.606. The van der Waals surface area contributed by atoms with Crippen molar-refractivity contribution in [2.75, 3.05) is 27.3 Å². The smallest absolute Gasteiger partial charge is 0.407 e. The van der Waals surface area contributed by atoms with Crippen LogP contribution in [-0.2, 0) is 4.79 Å². The summed E-state index contributed by atoms with van der Waals surface area (Å²) in [5.41, 5.74) is 2.60. The molecule has 1 N–H and O–H groups in total. The molecule has 152 valence electrons. The van der Waals surface area contributed by atoms with E-state index in [4.69, 9.17) is 14.8 Å². The number of hydrogen-bond donors (Lipinski definition) is 1. The molecule has 29 heavy (non-hydrogen) atoms. The molecule has 1 unspecified atom stereocenters. The number of rotatable bonds is 5. The SMILES string of the molecule is Cc1c(C)[n+]2c(n1-c1ccccc1OCCCO)N=C1C2C(=O)N(C)C(=O)N1C. The number of aliphatic imine (C=N–C) groups is 1. The van der Waals surface area contributed by atoms with Crippen LogP contribution >= 0.6 is 0 Å². The van der Waals surface area contributed by atoms with Crippen molar-refractivity contribution in [2.45, 2.75) is 26.3 Å². The number of amidine groups is 1. The Labute approximate surface area is 168 Å². The van der Waals surface area contributed by atoms with Gasteiger partial charge in [0.2, 0.25) is 11.9 Å². The van der Waals surface area contributed by atoms with E-state index in [0.717, 1.165) is 22.0 Å². The number of carbonyl (C=O) groups excluding carboxylic acids is 2. The highest BCUT2D eigenvalue weighted by Crippen LogP contribution is 2.35. The largest absolute Gasteiger partial charge is 0.490 e. The number of likely N-dealkylation sites (N-methyl/N-ethyl adjacent to an activating group) is 2. The summed E-state index contributed by atoms with van der Waals surface area (Å²) in [5, 5.41) is 9.04. The van der Waals surface area contributed by atoms with Crippen molar-refractivity contribution in [3.63, 3.8) is 0 Å².